The molecule has 3 aromatic rings. The van der Waals surface area contributed by atoms with Gasteiger partial charge in [-0.05, 0) is 49.5 Å². The van der Waals surface area contributed by atoms with Crippen molar-refractivity contribution < 1.29 is 5.11 Å². The van der Waals surface area contributed by atoms with E-state index in [0.29, 0.717) is 5.02 Å². The molecule has 0 amide bonds. The standard InChI is InChI=1S/C21H23ClN4O/c1-25-8-10-26(11-9-25)21-5-3-17(12-15(21)14-27)24-19-6-7-23-20-13-16(22)2-4-18(19)20/h2-7,12-13,27H,8-11,14H2,1H3,(H,23,24). The molecule has 0 bridgehead atoms. The summed E-state index contributed by atoms with van der Waals surface area (Å²) in [5.41, 5.74) is 4.81. The Bertz CT molecular complexity index is 954. The molecule has 0 atom stereocenters. The van der Waals surface area contributed by atoms with E-state index in [1.807, 2.05) is 30.3 Å². The second kappa shape index (κ2) is 7.72. The van der Waals surface area contributed by atoms with Gasteiger partial charge in [-0.25, -0.2) is 0 Å². The first-order valence-corrected chi connectivity index (χ1v) is 9.50. The predicted octanol–water partition coefficient (Wildman–Crippen LogP) is 3.88. The number of pyridine rings is 1. The average molecular weight is 383 g/mol. The van der Waals surface area contributed by atoms with Gasteiger partial charge in [0.25, 0.3) is 0 Å². The van der Waals surface area contributed by atoms with E-state index in [2.05, 4.69) is 39.3 Å². The van der Waals surface area contributed by atoms with Gasteiger partial charge in [0, 0.05) is 65.4 Å². The summed E-state index contributed by atoms with van der Waals surface area (Å²) in [6, 6.07) is 13.8. The molecular formula is C21H23ClN4O. The number of hydrogen-bond acceptors (Lipinski definition) is 5. The average Bonchev–Trinajstić information content (AvgIpc) is 2.68. The van der Waals surface area contributed by atoms with Crippen LogP contribution in [0.1, 0.15) is 5.56 Å². The fourth-order valence-corrected chi connectivity index (χ4v) is 3.70. The second-order valence-electron chi connectivity index (χ2n) is 6.94. The number of rotatable bonds is 4. The third-order valence-electron chi connectivity index (χ3n) is 5.08. The topological polar surface area (TPSA) is 51.6 Å². The van der Waals surface area contributed by atoms with E-state index in [9.17, 15) is 5.11 Å². The van der Waals surface area contributed by atoms with Gasteiger partial charge >= 0.3 is 0 Å². The Kier molecular flexibility index (Phi) is 5.16. The van der Waals surface area contributed by atoms with Crippen molar-refractivity contribution in [2.45, 2.75) is 6.61 Å². The second-order valence-corrected chi connectivity index (χ2v) is 7.37. The summed E-state index contributed by atoms with van der Waals surface area (Å²) in [6.45, 7) is 4.05. The number of aromatic nitrogens is 1. The van der Waals surface area contributed by atoms with Gasteiger partial charge in [0.05, 0.1) is 12.1 Å². The summed E-state index contributed by atoms with van der Waals surface area (Å²) in [7, 11) is 2.14. The molecule has 4 rings (SSSR count). The number of aliphatic hydroxyl groups excluding tert-OH is 1. The van der Waals surface area contributed by atoms with Crippen LogP contribution in [0.5, 0.6) is 0 Å². The van der Waals surface area contributed by atoms with Crippen molar-refractivity contribution in [3.05, 3.63) is 59.2 Å². The smallest absolute Gasteiger partial charge is 0.0737 e. The summed E-state index contributed by atoms with van der Waals surface area (Å²) in [5.74, 6) is 0. The lowest BCUT2D eigenvalue weighted by Crippen LogP contribution is -2.44. The minimum Gasteiger partial charge on any atom is -0.392 e. The maximum Gasteiger partial charge on any atom is 0.0737 e. The van der Waals surface area contributed by atoms with E-state index < -0.39 is 0 Å². The predicted molar refractivity (Wildman–Crippen MR) is 112 cm³/mol. The molecule has 0 aliphatic carbocycles. The fraction of sp³-hybridized carbons (Fsp3) is 0.286. The van der Waals surface area contributed by atoms with Crippen LogP contribution in [-0.2, 0) is 6.61 Å². The minimum absolute atomic E-state index is 0.0178. The normalized spacial score (nSPS) is 15.3. The van der Waals surface area contributed by atoms with Crippen LogP contribution in [0, 0.1) is 0 Å². The summed E-state index contributed by atoms with van der Waals surface area (Å²) < 4.78 is 0. The summed E-state index contributed by atoms with van der Waals surface area (Å²) in [5, 5.41) is 15.0. The summed E-state index contributed by atoms with van der Waals surface area (Å²) in [4.78, 5) is 9.06. The quantitative estimate of drug-likeness (QED) is 0.717. The van der Waals surface area contributed by atoms with Crippen LogP contribution in [0.25, 0.3) is 10.9 Å². The third kappa shape index (κ3) is 3.86. The van der Waals surface area contributed by atoms with Crippen LogP contribution < -0.4 is 10.2 Å². The van der Waals surface area contributed by atoms with Crippen molar-refractivity contribution >= 4 is 39.6 Å². The molecule has 2 aromatic carbocycles. The van der Waals surface area contributed by atoms with Crippen LogP contribution >= 0.6 is 11.6 Å². The molecule has 0 radical (unpaired) electrons. The van der Waals surface area contributed by atoms with Crippen molar-refractivity contribution in [3.63, 3.8) is 0 Å². The van der Waals surface area contributed by atoms with Crippen LogP contribution in [-0.4, -0.2) is 48.2 Å². The van der Waals surface area contributed by atoms with Gasteiger partial charge in [-0.2, -0.15) is 0 Å². The molecule has 1 aliphatic rings. The molecule has 5 nitrogen and oxygen atoms in total. The lowest BCUT2D eigenvalue weighted by molar-refractivity contribution is 0.280. The molecule has 0 saturated carbocycles. The third-order valence-corrected chi connectivity index (χ3v) is 5.31. The number of benzene rings is 2. The van der Waals surface area contributed by atoms with Crippen LogP contribution in [0.4, 0.5) is 17.1 Å². The molecule has 2 heterocycles. The highest BCUT2D eigenvalue weighted by Gasteiger charge is 2.17. The molecule has 0 spiro atoms. The zero-order chi connectivity index (χ0) is 18.8. The molecule has 27 heavy (non-hydrogen) atoms. The zero-order valence-corrected chi connectivity index (χ0v) is 16.1. The van der Waals surface area contributed by atoms with E-state index in [0.717, 1.165) is 59.7 Å². The van der Waals surface area contributed by atoms with Crippen molar-refractivity contribution in [1.82, 2.24) is 9.88 Å². The van der Waals surface area contributed by atoms with Gasteiger partial charge in [-0.15, -0.1) is 0 Å². The van der Waals surface area contributed by atoms with Crippen molar-refractivity contribution in [2.24, 2.45) is 0 Å². The Hall–Kier alpha value is -2.34. The molecule has 2 N–H and O–H groups in total. The number of anilines is 3. The highest BCUT2D eigenvalue weighted by Crippen LogP contribution is 2.30. The number of nitrogens with one attached hydrogen (secondary N) is 1. The number of aliphatic hydroxyl groups is 1. The van der Waals surface area contributed by atoms with Crippen molar-refractivity contribution in [2.75, 3.05) is 43.4 Å². The Morgan fingerprint density at radius 2 is 1.89 bits per heavy atom. The van der Waals surface area contributed by atoms with Gasteiger partial charge in [0.1, 0.15) is 0 Å². The number of halogens is 1. The van der Waals surface area contributed by atoms with E-state index in [1.54, 1.807) is 6.20 Å². The molecular weight excluding hydrogens is 360 g/mol. The number of piperazine rings is 1. The number of nitrogens with zero attached hydrogens (tertiary/aromatic N) is 3. The Labute approximate surface area is 164 Å². The number of fused-ring (bicyclic) bond motifs is 1. The molecule has 140 valence electrons. The monoisotopic (exact) mass is 382 g/mol. The summed E-state index contributed by atoms with van der Waals surface area (Å²) in [6.07, 6.45) is 1.77. The van der Waals surface area contributed by atoms with Crippen LogP contribution in [0.15, 0.2) is 48.7 Å². The molecule has 6 heteroatoms. The number of hydrogen-bond donors (Lipinski definition) is 2. The van der Waals surface area contributed by atoms with Gasteiger partial charge in [-0.1, -0.05) is 11.6 Å². The van der Waals surface area contributed by atoms with Gasteiger partial charge in [0.2, 0.25) is 0 Å². The Morgan fingerprint density at radius 1 is 1.07 bits per heavy atom. The maximum atomic E-state index is 9.90. The Balaban J connectivity index is 1.62. The first kappa shape index (κ1) is 18.0. The Morgan fingerprint density at radius 3 is 2.67 bits per heavy atom. The lowest BCUT2D eigenvalue weighted by Gasteiger charge is -2.35. The lowest BCUT2D eigenvalue weighted by atomic mass is 10.1. The highest BCUT2D eigenvalue weighted by molar-refractivity contribution is 6.31. The van der Waals surface area contributed by atoms with Crippen LogP contribution in [0.3, 0.4) is 0 Å². The number of likely N-dealkylation sites (N-methyl/N-ethyl adjacent to an activating group) is 1. The summed E-state index contributed by atoms with van der Waals surface area (Å²) >= 11 is 6.08. The van der Waals surface area contributed by atoms with E-state index in [4.69, 9.17) is 11.6 Å². The first-order valence-electron chi connectivity index (χ1n) is 9.12. The van der Waals surface area contributed by atoms with Crippen molar-refractivity contribution in [3.8, 4) is 0 Å². The molecule has 0 unspecified atom stereocenters. The minimum atomic E-state index is 0.0178. The van der Waals surface area contributed by atoms with Gasteiger partial charge in [-0.3, -0.25) is 4.98 Å². The van der Waals surface area contributed by atoms with Crippen LogP contribution in [0.2, 0.25) is 5.02 Å². The molecule has 1 aliphatic heterocycles. The van der Waals surface area contributed by atoms with Gasteiger partial charge < -0.3 is 20.2 Å². The molecule has 1 fully saturated rings. The zero-order valence-electron chi connectivity index (χ0n) is 15.3. The fourth-order valence-electron chi connectivity index (χ4n) is 3.53. The molecule has 1 aromatic heterocycles. The van der Waals surface area contributed by atoms with E-state index >= 15 is 0 Å². The first-order chi connectivity index (χ1) is 13.1. The van der Waals surface area contributed by atoms with E-state index in [1.165, 1.54) is 0 Å². The van der Waals surface area contributed by atoms with Gasteiger partial charge in [0.15, 0.2) is 0 Å². The highest BCUT2D eigenvalue weighted by atomic mass is 35.5. The SMILES string of the molecule is CN1CCN(c2ccc(Nc3ccnc4cc(Cl)ccc34)cc2CO)CC1. The van der Waals surface area contributed by atoms with Crippen molar-refractivity contribution in [1.29, 1.82) is 0 Å². The largest absolute Gasteiger partial charge is 0.392 e. The van der Waals surface area contributed by atoms with E-state index in [-0.39, 0.29) is 6.61 Å². The maximum absolute atomic E-state index is 9.90. The molecule has 1 saturated heterocycles.